The van der Waals surface area contributed by atoms with E-state index in [-0.39, 0.29) is 4.90 Å². The van der Waals surface area contributed by atoms with Crippen molar-refractivity contribution in [2.24, 2.45) is 0 Å². The van der Waals surface area contributed by atoms with Gasteiger partial charge in [0, 0.05) is 11.0 Å². The summed E-state index contributed by atoms with van der Waals surface area (Å²) < 4.78 is 26.4. The fraction of sp³-hybridized carbons (Fsp3) is 0.300. The molecule has 0 fully saturated rings. The monoisotopic (exact) mass is 337 g/mol. The molecule has 1 rings (SSSR count). The third-order valence-corrected chi connectivity index (χ3v) is 4.25. The molecule has 1 atom stereocenters. The van der Waals surface area contributed by atoms with Gasteiger partial charge in [-0.15, -0.1) is 0 Å². The van der Waals surface area contributed by atoms with Crippen LogP contribution in [0.2, 0.25) is 0 Å². The van der Waals surface area contributed by atoms with Crippen LogP contribution < -0.4 is 4.72 Å². The molecule has 0 radical (unpaired) electrons. The highest BCUT2D eigenvalue weighted by molar-refractivity contribution is 9.10. The van der Waals surface area contributed by atoms with Crippen molar-refractivity contribution in [3.8, 4) is 0 Å². The minimum atomic E-state index is -3.85. The number of carboxylic acid groups (broad SMARTS) is 1. The number of aliphatic hydroxyl groups is 1. The lowest BCUT2D eigenvalue weighted by Crippen LogP contribution is -2.36. The van der Waals surface area contributed by atoms with E-state index in [9.17, 15) is 13.2 Å². The SMILES string of the molecule is Cc1ccc(Br)cc1S(=O)(=O)NC[C@H](O)C(=O)O. The average molecular weight is 338 g/mol. The zero-order valence-electron chi connectivity index (χ0n) is 9.42. The Balaban J connectivity index is 2.93. The molecule has 1 aromatic rings. The minimum absolute atomic E-state index is 0.0365. The van der Waals surface area contributed by atoms with Crippen molar-refractivity contribution in [1.29, 1.82) is 0 Å². The van der Waals surface area contributed by atoms with Crippen molar-refractivity contribution in [3.05, 3.63) is 28.2 Å². The maximum Gasteiger partial charge on any atom is 0.333 e. The number of carboxylic acids is 1. The number of benzene rings is 1. The van der Waals surface area contributed by atoms with E-state index in [2.05, 4.69) is 15.9 Å². The molecule has 0 saturated heterocycles. The molecule has 100 valence electrons. The molecule has 0 aliphatic heterocycles. The summed E-state index contributed by atoms with van der Waals surface area (Å²) in [6, 6.07) is 4.72. The van der Waals surface area contributed by atoms with Gasteiger partial charge >= 0.3 is 5.97 Å². The summed E-state index contributed by atoms with van der Waals surface area (Å²) in [4.78, 5) is 10.4. The van der Waals surface area contributed by atoms with Crippen molar-refractivity contribution >= 4 is 31.9 Å². The number of aryl methyl sites for hydroxylation is 1. The van der Waals surface area contributed by atoms with E-state index < -0.39 is 28.6 Å². The van der Waals surface area contributed by atoms with Gasteiger partial charge in [0.15, 0.2) is 6.10 Å². The van der Waals surface area contributed by atoms with Gasteiger partial charge in [-0.2, -0.15) is 0 Å². The van der Waals surface area contributed by atoms with Crippen molar-refractivity contribution in [1.82, 2.24) is 4.72 Å². The van der Waals surface area contributed by atoms with E-state index >= 15 is 0 Å². The van der Waals surface area contributed by atoms with Gasteiger partial charge < -0.3 is 10.2 Å². The van der Waals surface area contributed by atoms with Gasteiger partial charge in [0.25, 0.3) is 0 Å². The number of hydrogen-bond donors (Lipinski definition) is 3. The van der Waals surface area contributed by atoms with Gasteiger partial charge in [0.05, 0.1) is 4.90 Å². The molecule has 1 aromatic carbocycles. The summed E-state index contributed by atoms with van der Waals surface area (Å²) in [5.41, 5.74) is 0.524. The molecule has 0 spiro atoms. The Morgan fingerprint density at radius 3 is 2.67 bits per heavy atom. The molecule has 8 heteroatoms. The van der Waals surface area contributed by atoms with Gasteiger partial charge in [-0.1, -0.05) is 22.0 Å². The summed E-state index contributed by atoms with van der Waals surface area (Å²) >= 11 is 3.16. The first-order valence-electron chi connectivity index (χ1n) is 4.91. The molecule has 0 aliphatic rings. The topological polar surface area (TPSA) is 104 Å². The van der Waals surface area contributed by atoms with Crippen LogP contribution in [0.25, 0.3) is 0 Å². The lowest BCUT2D eigenvalue weighted by Gasteiger charge is -2.11. The molecule has 0 unspecified atom stereocenters. The van der Waals surface area contributed by atoms with Gasteiger partial charge in [0.1, 0.15) is 0 Å². The third-order valence-electron chi connectivity index (χ3n) is 2.19. The number of nitrogens with one attached hydrogen (secondary N) is 1. The van der Waals surface area contributed by atoms with Crippen molar-refractivity contribution in [2.75, 3.05) is 6.54 Å². The van der Waals surface area contributed by atoms with E-state index in [4.69, 9.17) is 10.2 Å². The maximum atomic E-state index is 11.9. The summed E-state index contributed by atoms with van der Waals surface area (Å²) in [5, 5.41) is 17.5. The molecule has 0 amide bonds. The van der Waals surface area contributed by atoms with Crippen LogP contribution in [0.5, 0.6) is 0 Å². The van der Waals surface area contributed by atoms with Gasteiger partial charge in [-0.05, 0) is 24.6 Å². The van der Waals surface area contributed by atoms with Crippen molar-refractivity contribution in [2.45, 2.75) is 17.9 Å². The fourth-order valence-corrected chi connectivity index (χ4v) is 3.04. The van der Waals surface area contributed by atoms with E-state index in [1.807, 2.05) is 4.72 Å². The first-order chi connectivity index (χ1) is 8.24. The summed E-state index contributed by atoms with van der Waals surface area (Å²) in [6.07, 6.45) is -1.77. The largest absolute Gasteiger partial charge is 0.479 e. The molecular formula is C10H12BrNO5S. The van der Waals surface area contributed by atoms with Crippen LogP contribution >= 0.6 is 15.9 Å². The predicted octanol–water partition coefficient (Wildman–Crippen LogP) is 0.481. The van der Waals surface area contributed by atoms with E-state index in [1.165, 1.54) is 6.07 Å². The van der Waals surface area contributed by atoms with E-state index in [0.29, 0.717) is 10.0 Å². The normalized spacial score (nSPS) is 13.3. The average Bonchev–Trinajstić information content (AvgIpc) is 2.29. The summed E-state index contributed by atoms with van der Waals surface area (Å²) in [5.74, 6) is -1.48. The molecule has 0 saturated carbocycles. The Labute approximate surface area is 113 Å². The van der Waals surface area contributed by atoms with Crippen LogP contribution in [0.3, 0.4) is 0 Å². The third kappa shape index (κ3) is 3.77. The molecule has 0 aliphatic carbocycles. The first-order valence-corrected chi connectivity index (χ1v) is 7.18. The summed E-state index contributed by atoms with van der Waals surface area (Å²) in [7, 11) is -3.85. The van der Waals surface area contributed by atoms with E-state index in [1.54, 1.807) is 19.1 Å². The number of carbonyl (C=O) groups is 1. The number of hydrogen-bond acceptors (Lipinski definition) is 4. The quantitative estimate of drug-likeness (QED) is 0.725. The highest BCUT2D eigenvalue weighted by atomic mass is 79.9. The van der Waals surface area contributed by atoms with Crippen molar-refractivity contribution < 1.29 is 23.4 Å². The minimum Gasteiger partial charge on any atom is -0.479 e. The van der Waals surface area contributed by atoms with Crippen LogP contribution in [0.4, 0.5) is 0 Å². The standard InChI is InChI=1S/C10H12BrNO5S/c1-6-2-3-7(11)4-9(6)18(16,17)12-5-8(13)10(14)15/h2-4,8,12-13H,5H2,1H3,(H,14,15)/t8-/m0/s1. The Kier molecular flexibility index (Phi) is 4.85. The summed E-state index contributed by atoms with van der Waals surface area (Å²) in [6.45, 7) is 1.04. The van der Waals surface area contributed by atoms with Crippen LogP contribution in [-0.2, 0) is 14.8 Å². The van der Waals surface area contributed by atoms with Crippen LogP contribution in [-0.4, -0.2) is 37.2 Å². The second-order valence-electron chi connectivity index (χ2n) is 3.62. The molecule has 6 nitrogen and oxygen atoms in total. The van der Waals surface area contributed by atoms with Gasteiger partial charge in [0.2, 0.25) is 10.0 Å². The highest BCUT2D eigenvalue weighted by Gasteiger charge is 2.21. The number of sulfonamides is 1. The molecule has 3 N–H and O–H groups in total. The number of aliphatic carboxylic acids is 1. The number of rotatable bonds is 5. The zero-order chi connectivity index (χ0) is 13.9. The van der Waals surface area contributed by atoms with Crippen LogP contribution in [0.1, 0.15) is 5.56 Å². The number of halogens is 1. The maximum absolute atomic E-state index is 11.9. The zero-order valence-corrected chi connectivity index (χ0v) is 11.8. The second kappa shape index (κ2) is 5.79. The van der Waals surface area contributed by atoms with Crippen LogP contribution in [0.15, 0.2) is 27.6 Å². The molecule has 0 bridgehead atoms. The Bertz CT molecular complexity index is 557. The Morgan fingerprint density at radius 1 is 1.50 bits per heavy atom. The highest BCUT2D eigenvalue weighted by Crippen LogP contribution is 2.20. The lowest BCUT2D eigenvalue weighted by atomic mass is 10.2. The van der Waals surface area contributed by atoms with Gasteiger partial charge in [-0.25, -0.2) is 17.9 Å². The molecular weight excluding hydrogens is 326 g/mol. The Hall–Kier alpha value is -0.960. The fourth-order valence-electron chi connectivity index (χ4n) is 1.22. The van der Waals surface area contributed by atoms with Gasteiger partial charge in [-0.3, -0.25) is 0 Å². The molecule has 0 aromatic heterocycles. The van der Waals surface area contributed by atoms with E-state index in [0.717, 1.165) is 0 Å². The lowest BCUT2D eigenvalue weighted by molar-refractivity contribution is -0.146. The first kappa shape index (κ1) is 15.1. The molecule has 0 heterocycles. The van der Waals surface area contributed by atoms with Crippen LogP contribution in [0, 0.1) is 6.92 Å². The predicted molar refractivity (Wildman–Crippen MR) is 67.7 cm³/mol. The smallest absolute Gasteiger partial charge is 0.333 e. The second-order valence-corrected chi connectivity index (χ2v) is 6.27. The Morgan fingerprint density at radius 2 is 2.11 bits per heavy atom. The van der Waals surface area contributed by atoms with Crippen molar-refractivity contribution in [3.63, 3.8) is 0 Å². The molecule has 18 heavy (non-hydrogen) atoms. The number of aliphatic hydroxyl groups excluding tert-OH is 1.